The third-order valence-electron chi connectivity index (χ3n) is 6.88. The van der Waals surface area contributed by atoms with Crippen LogP contribution in [0.5, 0.6) is 0 Å². The highest BCUT2D eigenvalue weighted by atomic mass is 28.3. The fraction of sp³-hybridized carbons (Fsp3) is 0.308. The van der Waals surface area contributed by atoms with Gasteiger partial charge in [-0.1, -0.05) is 121 Å². The van der Waals surface area contributed by atoms with E-state index in [1.807, 2.05) is 12.1 Å². The molecule has 0 bridgehead atoms. The van der Waals surface area contributed by atoms with Crippen molar-refractivity contribution in [2.45, 2.75) is 37.3 Å². The summed E-state index contributed by atoms with van der Waals surface area (Å²) in [4.78, 5) is 0. The van der Waals surface area contributed by atoms with Gasteiger partial charge in [-0.15, -0.1) is 0 Å². The molecule has 0 aromatic heterocycles. The van der Waals surface area contributed by atoms with Crippen LogP contribution in [0.15, 0.2) is 84.9 Å². The molecule has 4 heteroatoms. The molecular weight excluding hydrogens is 400 g/mol. The zero-order valence-electron chi connectivity index (χ0n) is 18.5. The predicted molar refractivity (Wildman–Crippen MR) is 133 cm³/mol. The first-order valence-corrected chi connectivity index (χ1v) is 16.9. The lowest BCUT2D eigenvalue weighted by Crippen LogP contribution is -2.52. The van der Waals surface area contributed by atoms with E-state index in [1.54, 1.807) is 0 Å². The van der Waals surface area contributed by atoms with Crippen molar-refractivity contribution in [3.05, 3.63) is 96.1 Å². The second-order valence-corrected chi connectivity index (χ2v) is 18.7. The molecule has 0 radical (unpaired) electrons. The number of rotatable bonds is 8. The van der Waals surface area contributed by atoms with Gasteiger partial charge in [0.1, 0.15) is 0 Å². The highest BCUT2D eigenvalue weighted by Gasteiger charge is 2.37. The highest BCUT2D eigenvalue weighted by molar-refractivity contribution is 6.92. The van der Waals surface area contributed by atoms with Gasteiger partial charge in [0.2, 0.25) is 0 Å². The summed E-state index contributed by atoms with van der Waals surface area (Å²) in [6.45, 7) is 9.73. The SMILES string of the molecule is C[Si](C)(c1ccc([Si](C)(C)C(CO)c2ccccc2)cc1)C(CO)c1ccccc1. The molecular formula is C26H34O2Si2. The van der Waals surface area contributed by atoms with Gasteiger partial charge in [0.25, 0.3) is 0 Å². The van der Waals surface area contributed by atoms with Crippen LogP contribution in [0, 0.1) is 0 Å². The zero-order chi connectivity index (χ0) is 21.8. The molecule has 0 aliphatic rings. The van der Waals surface area contributed by atoms with E-state index in [4.69, 9.17) is 0 Å². The maximum Gasteiger partial charge on any atom is 0.0906 e. The summed E-state index contributed by atoms with van der Waals surface area (Å²) in [5, 5.41) is 23.1. The molecule has 2 nitrogen and oxygen atoms in total. The Bertz CT molecular complexity index is 844. The standard InChI is InChI=1S/C26H34O2Si2/c1-29(2,25(19-27)21-11-7-5-8-12-21)23-15-17-24(18-16-23)30(3,4)26(20-28)22-13-9-6-10-14-22/h5-18,25-28H,19-20H2,1-4H3. The number of aliphatic hydroxyl groups excluding tert-OH is 2. The molecule has 0 amide bonds. The van der Waals surface area contributed by atoms with Crippen LogP contribution in [-0.2, 0) is 0 Å². The molecule has 3 aromatic carbocycles. The minimum Gasteiger partial charge on any atom is -0.396 e. The maximum atomic E-state index is 10.2. The van der Waals surface area contributed by atoms with Gasteiger partial charge < -0.3 is 10.2 Å². The molecule has 0 aliphatic carbocycles. The van der Waals surface area contributed by atoms with Crippen LogP contribution in [0.2, 0.25) is 26.2 Å². The van der Waals surface area contributed by atoms with Gasteiger partial charge >= 0.3 is 0 Å². The summed E-state index contributed by atoms with van der Waals surface area (Å²) < 4.78 is 0. The van der Waals surface area contributed by atoms with Crippen molar-refractivity contribution in [2.24, 2.45) is 0 Å². The van der Waals surface area contributed by atoms with Gasteiger partial charge in [0, 0.05) is 24.3 Å². The fourth-order valence-electron chi connectivity index (χ4n) is 4.60. The second kappa shape index (κ2) is 9.44. The Kier molecular flexibility index (Phi) is 7.14. The van der Waals surface area contributed by atoms with Gasteiger partial charge in [-0.05, 0) is 11.1 Å². The molecule has 3 aromatic rings. The van der Waals surface area contributed by atoms with Crippen LogP contribution in [0.4, 0.5) is 0 Å². The van der Waals surface area contributed by atoms with Crippen molar-refractivity contribution in [1.29, 1.82) is 0 Å². The molecule has 2 atom stereocenters. The smallest absolute Gasteiger partial charge is 0.0906 e. The molecule has 0 saturated heterocycles. The Balaban J connectivity index is 1.91. The summed E-state index contributed by atoms with van der Waals surface area (Å²) in [7, 11) is -3.83. The first kappa shape index (κ1) is 22.7. The van der Waals surface area contributed by atoms with E-state index >= 15 is 0 Å². The van der Waals surface area contributed by atoms with E-state index < -0.39 is 16.1 Å². The van der Waals surface area contributed by atoms with Crippen LogP contribution in [0.3, 0.4) is 0 Å². The van der Waals surface area contributed by atoms with Gasteiger partial charge in [0.05, 0.1) is 16.1 Å². The van der Waals surface area contributed by atoms with Gasteiger partial charge in [0.15, 0.2) is 0 Å². The summed E-state index contributed by atoms with van der Waals surface area (Å²) in [6, 6.07) is 29.9. The normalized spacial score (nSPS) is 14.3. The summed E-state index contributed by atoms with van der Waals surface area (Å²) in [5.74, 6) is 0. The van der Waals surface area contributed by atoms with Crippen molar-refractivity contribution in [2.75, 3.05) is 13.2 Å². The first-order chi connectivity index (χ1) is 14.3. The Morgan fingerprint density at radius 1 is 0.533 bits per heavy atom. The van der Waals surface area contributed by atoms with E-state index in [2.05, 4.69) is 99.0 Å². The molecule has 0 saturated carbocycles. The Morgan fingerprint density at radius 3 is 1.10 bits per heavy atom. The van der Waals surface area contributed by atoms with Crippen LogP contribution in [-0.4, -0.2) is 39.6 Å². The molecule has 0 aliphatic heterocycles. The van der Waals surface area contributed by atoms with Crippen LogP contribution < -0.4 is 10.4 Å². The van der Waals surface area contributed by atoms with Crippen LogP contribution in [0.25, 0.3) is 0 Å². The monoisotopic (exact) mass is 434 g/mol. The number of aliphatic hydroxyl groups is 2. The molecule has 30 heavy (non-hydrogen) atoms. The summed E-state index contributed by atoms with van der Waals surface area (Å²) in [6.07, 6.45) is 0. The minimum absolute atomic E-state index is 0.171. The van der Waals surface area contributed by atoms with Crippen molar-refractivity contribution in [1.82, 2.24) is 0 Å². The number of hydrogen-bond acceptors (Lipinski definition) is 2. The van der Waals surface area contributed by atoms with Gasteiger partial charge in [-0.25, -0.2) is 0 Å². The van der Waals surface area contributed by atoms with Crippen molar-refractivity contribution >= 4 is 26.5 Å². The van der Waals surface area contributed by atoms with Crippen LogP contribution >= 0.6 is 0 Å². The molecule has 158 valence electrons. The molecule has 3 rings (SSSR count). The number of benzene rings is 3. The minimum atomic E-state index is -1.92. The average molecular weight is 435 g/mol. The average Bonchev–Trinajstić information content (AvgIpc) is 2.76. The first-order valence-electron chi connectivity index (χ1n) is 10.7. The van der Waals surface area contributed by atoms with E-state index in [1.165, 1.54) is 21.5 Å². The third kappa shape index (κ3) is 4.52. The lowest BCUT2D eigenvalue weighted by Gasteiger charge is -2.35. The van der Waals surface area contributed by atoms with Crippen molar-refractivity contribution in [3.8, 4) is 0 Å². The highest BCUT2D eigenvalue weighted by Crippen LogP contribution is 2.28. The predicted octanol–water partition coefficient (Wildman–Crippen LogP) is 4.15. The molecule has 0 fully saturated rings. The summed E-state index contributed by atoms with van der Waals surface area (Å²) in [5.41, 5.74) is 2.79. The topological polar surface area (TPSA) is 40.5 Å². The van der Waals surface area contributed by atoms with Gasteiger partial charge in [-0.2, -0.15) is 0 Å². The van der Waals surface area contributed by atoms with Gasteiger partial charge in [-0.3, -0.25) is 0 Å². The zero-order valence-corrected chi connectivity index (χ0v) is 20.5. The lowest BCUT2D eigenvalue weighted by molar-refractivity contribution is 0.290. The molecule has 2 unspecified atom stereocenters. The Hall–Kier alpha value is -1.99. The quantitative estimate of drug-likeness (QED) is 0.523. The lowest BCUT2D eigenvalue weighted by atomic mass is 10.1. The number of hydrogen-bond donors (Lipinski definition) is 2. The van der Waals surface area contributed by atoms with Crippen molar-refractivity contribution in [3.63, 3.8) is 0 Å². The molecule has 2 N–H and O–H groups in total. The van der Waals surface area contributed by atoms with E-state index in [9.17, 15) is 10.2 Å². The molecule has 0 heterocycles. The molecule has 0 spiro atoms. The largest absolute Gasteiger partial charge is 0.396 e. The van der Waals surface area contributed by atoms with E-state index in [0.29, 0.717) is 0 Å². The second-order valence-electron chi connectivity index (χ2n) is 9.31. The fourth-order valence-corrected chi connectivity index (χ4v) is 10.4. The third-order valence-corrected chi connectivity index (χ3v) is 15.0. The Labute approximate surface area is 183 Å². The van der Waals surface area contributed by atoms with E-state index in [-0.39, 0.29) is 24.3 Å². The Morgan fingerprint density at radius 2 is 0.833 bits per heavy atom. The maximum absolute atomic E-state index is 10.2. The summed E-state index contributed by atoms with van der Waals surface area (Å²) >= 11 is 0. The van der Waals surface area contributed by atoms with Crippen molar-refractivity contribution < 1.29 is 10.2 Å². The van der Waals surface area contributed by atoms with E-state index in [0.717, 1.165) is 0 Å². The van der Waals surface area contributed by atoms with Crippen LogP contribution in [0.1, 0.15) is 22.2 Å².